The molecule has 2 heterocycles. The first kappa shape index (κ1) is 19.8. The SMILES string of the molecule is Cc1ccc(C)c(S(=O)(=O)N2CCN(Cc3nc4ccccc4c(=O)[nH]3)CC2)c1. The topological polar surface area (TPSA) is 86.4 Å². The molecule has 1 aliphatic rings. The van der Waals surface area contributed by atoms with Gasteiger partial charge in [0, 0.05) is 26.2 Å². The van der Waals surface area contributed by atoms with E-state index in [9.17, 15) is 13.2 Å². The molecule has 8 heteroatoms. The summed E-state index contributed by atoms with van der Waals surface area (Å²) in [4.78, 5) is 22.1. The van der Waals surface area contributed by atoms with E-state index >= 15 is 0 Å². The minimum absolute atomic E-state index is 0.151. The Morgan fingerprint density at radius 3 is 2.52 bits per heavy atom. The number of hydrogen-bond donors (Lipinski definition) is 1. The van der Waals surface area contributed by atoms with E-state index < -0.39 is 10.0 Å². The van der Waals surface area contributed by atoms with Crippen LogP contribution in [0.5, 0.6) is 0 Å². The van der Waals surface area contributed by atoms with Crippen LogP contribution in [-0.4, -0.2) is 53.8 Å². The molecule has 1 aliphatic heterocycles. The number of aryl methyl sites for hydroxylation is 2. The number of hydrogen-bond acceptors (Lipinski definition) is 5. The average molecular weight is 413 g/mol. The molecule has 0 radical (unpaired) electrons. The summed E-state index contributed by atoms with van der Waals surface area (Å²) in [6.07, 6.45) is 0. The first-order valence-electron chi connectivity index (χ1n) is 9.62. The Kier molecular flexibility index (Phi) is 5.24. The summed E-state index contributed by atoms with van der Waals surface area (Å²) in [7, 11) is -3.51. The summed E-state index contributed by atoms with van der Waals surface area (Å²) in [5.74, 6) is 0.597. The highest BCUT2D eigenvalue weighted by atomic mass is 32.2. The minimum atomic E-state index is -3.51. The first-order chi connectivity index (χ1) is 13.8. The van der Waals surface area contributed by atoms with E-state index in [1.165, 1.54) is 0 Å². The van der Waals surface area contributed by atoms with Crippen molar-refractivity contribution in [1.82, 2.24) is 19.2 Å². The quantitative estimate of drug-likeness (QED) is 0.709. The molecule has 0 bridgehead atoms. The lowest BCUT2D eigenvalue weighted by molar-refractivity contribution is 0.178. The number of H-pyrrole nitrogens is 1. The Morgan fingerprint density at radius 2 is 1.76 bits per heavy atom. The predicted octanol–water partition coefficient (Wildman–Crippen LogP) is 2.05. The highest BCUT2D eigenvalue weighted by molar-refractivity contribution is 7.89. The third-order valence-corrected chi connectivity index (χ3v) is 7.37. The maximum absolute atomic E-state index is 13.1. The smallest absolute Gasteiger partial charge is 0.258 e. The number of para-hydroxylation sites is 1. The summed E-state index contributed by atoms with van der Waals surface area (Å²) in [6, 6.07) is 12.7. The fourth-order valence-corrected chi connectivity index (χ4v) is 5.41. The molecule has 3 aromatic rings. The van der Waals surface area contributed by atoms with Crippen LogP contribution in [0.4, 0.5) is 0 Å². The van der Waals surface area contributed by atoms with E-state index in [2.05, 4.69) is 14.9 Å². The van der Waals surface area contributed by atoms with Crippen LogP contribution in [0.25, 0.3) is 10.9 Å². The highest BCUT2D eigenvalue weighted by Crippen LogP contribution is 2.22. The number of aromatic amines is 1. The van der Waals surface area contributed by atoms with Crippen molar-refractivity contribution in [1.29, 1.82) is 0 Å². The predicted molar refractivity (Wildman–Crippen MR) is 112 cm³/mol. The third-order valence-electron chi connectivity index (χ3n) is 5.33. The van der Waals surface area contributed by atoms with Gasteiger partial charge in [0.2, 0.25) is 10.0 Å². The van der Waals surface area contributed by atoms with E-state index in [1.54, 1.807) is 16.4 Å². The van der Waals surface area contributed by atoms with Gasteiger partial charge in [0.15, 0.2) is 0 Å². The lowest BCUT2D eigenvalue weighted by Crippen LogP contribution is -2.48. The maximum Gasteiger partial charge on any atom is 0.258 e. The van der Waals surface area contributed by atoms with Crippen LogP contribution < -0.4 is 5.56 Å². The van der Waals surface area contributed by atoms with Gasteiger partial charge in [-0.25, -0.2) is 13.4 Å². The minimum Gasteiger partial charge on any atom is -0.309 e. The van der Waals surface area contributed by atoms with Gasteiger partial charge in [-0.2, -0.15) is 4.31 Å². The monoisotopic (exact) mass is 412 g/mol. The zero-order valence-electron chi connectivity index (χ0n) is 16.6. The van der Waals surface area contributed by atoms with Gasteiger partial charge in [0.05, 0.1) is 22.3 Å². The number of fused-ring (bicyclic) bond motifs is 1. The van der Waals surface area contributed by atoms with Gasteiger partial charge in [-0.3, -0.25) is 9.69 Å². The number of sulfonamides is 1. The molecule has 0 aliphatic carbocycles. The van der Waals surface area contributed by atoms with Gasteiger partial charge in [-0.05, 0) is 43.2 Å². The fourth-order valence-electron chi connectivity index (χ4n) is 3.67. The maximum atomic E-state index is 13.1. The number of rotatable bonds is 4. The zero-order chi connectivity index (χ0) is 20.6. The van der Waals surface area contributed by atoms with Gasteiger partial charge < -0.3 is 4.98 Å². The second-order valence-corrected chi connectivity index (χ2v) is 9.39. The molecular formula is C21H24N4O3S. The molecule has 0 unspecified atom stereocenters. The molecule has 0 saturated carbocycles. The van der Waals surface area contributed by atoms with Crippen molar-refractivity contribution in [2.75, 3.05) is 26.2 Å². The van der Waals surface area contributed by atoms with Crippen LogP contribution in [0.2, 0.25) is 0 Å². The summed E-state index contributed by atoms with van der Waals surface area (Å²) in [5, 5.41) is 0.570. The largest absolute Gasteiger partial charge is 0.309 e. The van der Waals surface area contributed by atoms with Crippen molar-refractivity contribution in [3.63, 3.8) is 0 Å². The number of benzene rings is 2. The van der Waals surface area contributed by atoms with Crippen LogP contribution >= 0.6 is 0 Å². The molecule has 7 nitrogen and oxygen atoms in total. The number of piperazine rings is 1. The van der Waals surface area contributed by atoms with Gasteiger partial charge in [-0.1, -0.05) is 24.3 Å². The average Bonchev–Trinajstić information content (AvgIpc) is 2.70. The van der Waals surface area contributed by atoms with Crippen LogP contribution in [0.1, 0.15) is 17.0 Å². The standard InChI is InChI=1S/C21H24N4O3S/c1-15-7-8-16(2)19(13-15)29(27,28)25-11-9-24(10-12-25)14-20-22-18-6-4-3-5-17(18)21(26)23-20/h3-8,13H,9-12,14H2,1-2H3,(H,22,23,26). The molecule has 1 aromatic heterocycles. The second kappa shape index (κ2) is 7.70. The molecule has 2 aromatic carbocycles. The number of aromatic nitrogens is 2. The van der Waals surface area contributed by atoms with E-state index in [4.69, 9.17) is 0 Å². The molecule has 29 heavy (non-hydrogen) atoms. The van der Waals surface area contributed by atoms with Crippen LogP contribution in [0.15, 0.2) is 52.2 Å². The Morgan fingerprint density at radius 1 is 1.03 bits per heavy atom. The van der Waals surface area contributed by atoms with Crippen LogP contribution in [-0.2, 0) is 16.6 Å². The molecular weight excluding hydrogens is 388 g/mol. The fraction of sp³-hybridized carbons (Fsp3) is 0.333. The van der Waals surface area contributed by atoms with Crippen molar-refractivity contribution in [2.45, 2.75) is 25.3 Å². The lowest BCUT2D eigenvalue weighted by atomic mass is 10.2. The van der Waals surface area contributed by atoms with Crippen molar-refractivity contribution in [3.05, 3.63) is 69.8 Å². The summed E-state index contributed by atoms with van der Waals surface area (Å²) in [5.41, 5.74) is 2.21. The van der Waals surface area contributed by atoms with Crippen molar-refractivity contribution in [3.8, 4) is 0 Å². The van der Waals surface area contributed by atoms with E-state index in [-0.39, 0.29) is 5.56 Å². The molecule has 1 saturated heterocycles. The Bertz CT molecular complexity index is 1210. The lowest BCUT2D eigenvalue weighted by Gasteiger charge is -2.34. The summed E-state index contributed by atoms with van der Waals surface area (Å²) < 4.78 is 27.7. The van der Waals surface area contributed by atoms with E-state index in [0.717, 1.165) is 11.1 Å². The summed E-state index contributed by atoms with van der Waals surface area (Å²) >= 11 is 0. The second-order valence-electron chi connectivity index (χ2n) is 7.48. The number of nitrogens with zero attached hydrogens (tertiary/aromatic N) is 3. The Hall–Kier alpha value is -2.55. The van der Waals surface area contributed by atoms with Gasteiger partial charge >= 0.3 is 0 Å². The van der Waals surface area contributed by atoms with Crippen LogP contribution in [0, 0.1) is 13.8 Å². The molecule has 0 spiro atoms. The van der Waals surface area contributed by atoms with Gasteiger partial charge in [-0.15, -0.1) is 0 Å². The molecule has 0 amide bonds. The van der Waals surface area contributed by atoms with Crippen LogP contribution in [0.3, 0.4) is 0 Å². The van der Waals surface area contributed by atoms with Crippen molar-refractivity contribution in [2.24, 2.45) is 0 Å². The Balaban J connectivity index is 1.47. The third kappa shape index (κ3) is 3.96. The molecule has 1 fully saturated rings. The molecule has 0 atom stereocenters. The van der Waals surface area contributed by atoms with Gasteiger partial charge in [0.1, 0.15) is 5.82 Å². The van der Waals surface area contributed by atoms with Crippen molar-refractivity contribution >= 4 is 20.9 Å². The Labute approximate surface area is 170 Å². The first-order valence-corrected chi connectivity index (χ1v) is 11.1. The van der Waals surface area contributed by atoms with E-state index in [1.807, 2.05) is 44.2 Å². The molecule has 4 rings (SSSR count). The van der Waals surface area contributed by atoms with Crippen molar-refractivity contribution < 1.29 is 8.42 Å². The number of nitrogens with one attached hydrogen (secondary N) is 1. The molecule has 152 valence electrons. The molecule has 1 N–H and O–H groups in total. The zero-order valence-corrected chi connectivity index (χ0v) is 17.4. The highest BCUT2D eigenvalue weighted by Gasteiger charge is 2.29. The van der Waals surface area contributed by atoms with E-state index in [0.29, 0.717) is 54.3 Å². The summed E-state index contributed by atoms with van der Waals surface area (Å²) in [6.45, 7) is 6.19. The van der Waals surface area contributed by atoms with Gasteiger partial charge in [0.25, 0.3) is 5.56 Å². The normalized spacial score (nSPS) is 16.3.